The molecule has 1 heterocycles. The van der Waals surface area contributed by atoms with E-state index in [0.29, 0.717) is 6.07 Å². The molecule has 0 saturated heterocycles. The van der Waals surface area contributed by atoms with Gasteiger partial charge in [0.2, 0.25) is 0 Å². The van der Waals surface area contributed by atoms with Crippen molar-refractivity contribution >= 4 is 32.6 Å². The van der Waals surface area contributed by atoms with E-state index < -0.39 is 29.3 Å². The summed E-state index contributed by atoms with van der Waals surface area (Å²) in [4.78, 5) is 18.6. The second-order valence-electron chi connectivity index (χ2n) is 6.68. The number of anilines is 1. The van der Waals surface area contributed by atoms with Gasteiger partial charge in [-0.3, -0.25) is 9.69 Å². The molecule has 0 atom stereocenters. The highest BCUT2D eigenvalue weighted by atomic mass is 32.1. The second kappa shape index (κ2) is 8.07. The number of alkyl halides is 3. The van der Waals surface area contributed by atoms with Crippen LogP contribution in [0.25, 0.3) is 10.2 Å². The Kier molecular flexibility index (Phi) is 5.45. The Morgan fingerprint density at radius 2 is 1.65 bits per heavy atom. The minimum atomic E-state index is -4.53. The largest absolute Gasteiger partial charge is 0.416 e. The van der Waals surface area contributed by atoms with Crippen molar-refractivity contribution in [1.29, 1.82) is 0 Å². The summed E-state index contributed by atoms with van der Waals surface area (Å²) < 4.78 is 66.5. The van der Waals surface area contributed by atoms with Gasteiger partial charge in [0.05, 0.1) is 16.8 Å². The number of amides is 1. The highest BCUT2D eigenvalue weighted by Crippen LogP contribution is 2.33. The van der Waals surface area contributed by atoms with Crippen LogP contribution in [0, 0.1) is 11.6 Å². The molecule has 3 aromatic carbocycles. The van der Waals surface area contributed by atoms with Gasteiger partial charge in [-0.1, -0.05) is 41.7 Å². The minimum Gasteiger partial charge on any atom is -0.279 e. The fourth-order valence-electron chi connectivity index (χ4n) is 3.01. The normalized spacial score (nSPS) is 11.6. The fraction of sp³-hybridized carbons (Fsp3) is 0.0909. The Hall–Kier alpha value is -3.33. The van der Waals surface area contributed by atoms with Crippen molar-refractivity contribution < 1.29 is 26.7 Å². The molecule has 4 rings (SSSR count). The zero-order valence-corrected chi connectivity index (χ0v) is 16.5. The van der Waals surface area contributed by atoms with Crippen molar-refractivity contribution in [2.24, 2.45) is 0 Å². The quantitative estimate of drug-likeness (QED) is 0.337. The number of aromatic nitrogens is 1. The van der Waals surface area contributed by atoms with Crippen molar-refractivity contribution in [3.05, 3.63) is 95.1 Å². The van der Waals surface area contributed by atoms with Crippen LogP contribution >= 0.6 is 11.3 Å². The zero-order chi connectivity index (χ0) is 22.2. The lowest BCUT2D eigenvalue weighted by atomic mass is 10.1. The van der Waals surface area contributed by atoms with Gasteiger partial charge in [0, 0.05) is 11.6 Å². The van der Waals surface area contributed by atoms with E-state index in [1.807, 2.05) is 0 Å². The Bertz CT molecular complexity index is 1240. The van der Waals surface area contributed by atoms with Gasteiger partial charge < -0.3 is 0 Å². The third-order valence-electron chi connectivity index (χ3n) is 4.52. The van der Waals surface area contributed by atoms with Gasteiger partial charge in [-0.05, 0) is 35.9 Å². The third-order valence-corrected chi connectivity index (χ3v) is 5.55. The maximum atomic E-state index is 14.1. The van der Waals surface area contributed by atoms with E-state index in [1.165, 1.54) is 4.90 Å². The van der Waals surface area contributed by atoms with Gasteiger partial charge in [0.25, 0.3) is 5.91 Å². The molecule has 0 radical (unpaired) electrons. The number of carbonyl (C=O) groups excluding carboxylic acids is 1. The minimum absolute atomic E-state index is 0.00911. The molecule has 0 spiro atoms. The molecule has 0 aliphatic heterocycles. The second-order valence-corrected chi connectivity index (χ2v) is 7.69. The summed E-state index contributed by atoms with van der Waals surface area (Å²) in [7, 11) is 0. The molecule has 9 heteroatoms. The van der Waals surface area contributed by atoms with E-state index in [2.05, 4.69) is 4.98 Å². The Morgan fingerprint density at radius 3 is 2.29 bits per heavy atom. The van der Waals surface area contributed by atoms with Crippen molar-refractivity contribution in [1.82, 2.24) is 4.98 Å². The molecule has 0 N–H and O–H groups in total. The predicted octanol–water partition coefficient (Wildman–Crippen LogP) is 6.44. The molecule has 3 nitrogen and oxygen atoms in total. The number of hydrogen-bond acceptors (Lipinski definition) is 3. The maximum Gasteiger partial charge on any atom is 0.416 e. The lowest BCUT2D eigenvalue weighted by Gasteiger charge is -2.20. The molecule has 31 heavy (non-hydrogen) atoms. The zero-order valence-electron chi connectivity index (χ0n) is 15.7. The Balaban J connectivity index is 1.76. The number of thiazole rings is 1. The highest BCUT2D eigenvalue weighted by molar-refractivity contribution is 7.22. The van der Waals surface area contributed by atoms with Gasteiger partial charge in [0.15, 0.2) is 10.9 Å². The van der Waals surface area contributed by atoms with Crippen LogP contribution in [0.4, 0.5) is 27.1 Å². The van der Waals surface area contributed by atoms with Crippen LogP contribution in [0.2, 0.25) is 0 Å². The van der Waals surface area contributed by atoms with Crippen LogP contribution in [0.3, 0.4) is 0 Å². The topological polar surface area (TPSA) is 33.2 Å². The monoisotopic (exact) mass is 448 g/mol. The number of rotatable bonds is 4. The lowest BCUT2D eigenvalue weighted by Crippen LogP contribution is -2.30. The first-order chi connectivity index (χ1) is 14.7. The maximum absolute atomic E-state index is 14.1. The van der Waals surface area contributed by atoms with E-state index in [9.17, 15) is 26.7 Å². The van der Waals surface area contributed by atoms with Gasteiger partial charge in [-0.2, -0.15) is 13.2 Å². The van der Waals surface area contributed by atoms with Gasteiger partial charge >= 0.3 is 6.18 Å². The molecule has 0 aliphatic rings. The molecule has 4 aromatic rings. The number of fused-ring (bicyclic) bond motifs is 1. The van der Waals surface area contributed by atoms with Gasteiger partial charge in [-0.25, -0.2) is 13.8 Å². The van der Waals surface area contributed by atoms with E-state index in [0.717, 1.165) is 47.2 Å². The first-order valence-corrected chi connectivity index (χ1v) is 9.82. The molecule has 0 aliphatic carbocycles. The molecular formula is C22H13F5N2OS. The summed E-state index contributed by atoms with van der Waals surface area (Å²) in [5.41, 5.74) is -0.223. The summed E-state index contributed by atoms with van der Waals surface area (Å²) >= 11 is 0.917. The summed E-state index contributed by atoms with van der Waals surface area (Å²) in [6.45, 7) is 0.0462. The van der Waals surface area contributed by atoms with E-state index >= 15 is 0 Å². The van der Waals surface area contributed by atoms with Crippen molar-refractivity contribution in [2.45, 2.75) is 12.7 Å². The van der Waals surface area contributed by atoms with Crippen LogP contribution in [0.5, 0.6) is 0 Å². The smallest absolute Gasteiger partial charge is 0.279 e. The summed E-state index contributed by atoms with van der Waals surface area (Å²) in [5.74, 6) is -2.25. The Morgan fingerprint density at radius 1 is 0.968 bits per heavy atom. The van der Waals surface area contributed by atoms with Crippen molar-refractivity contribution in [3.63, 3.8) is 0 Å². The summed E-state index contributed by atoms with van der Waals surface area (Å²) in [6.07, 6.45) is -4.53. The molecule has 0 bridgehead atoms. The molecular weight excluding hydrogens is 435 g/mol. The van der Waals surface area contributed by atoms with Crippen LogP contribution in [0.15, 0.2) is 66.7 Å². The lowest BCUT2D eigenvalue weighted by molar-refractivity contribution is -0.137. The summed E-state index contributed by atoms with van der Waals surface area (Å²) in [5, 5.41) is 0.105. The van der Waals surface area contributed by atoms with E-state index in [-0.39, 0.29) is 27.5 Å². The van der Waals surface area contributed by atoms with Crippen molar-refractivity contribution in [2.75, 3.05) is 4.90 Å². The Labute approximate surface area is 177 Å². The number of hydrogen-bond donors (Lipinski definition) is 0. The third kappa shape index (κ3) is 4.41. The molecule has 158 valence electrons. The number of halogens is 5. The number of nitrogens with zero attached hydrogens (tertiary/aromatic N) is 2. The average Bonchev–Trinajstić information content (AvgIpc) is 3.16. The molecule has 1 amide bonds. The van der Waals surface area contributed by atoms with Crippen LogP contribution in [0.1, 0.15) is 21.5 Å². The molecule has 0 unspecified atom stereocenters. The van der Waals surface area contributed by atoms with E-state index in [4.69, 9.17) is 0 Å². The first-order valence-electron chi connectivity index (χ1n) is 9.01. The standard InChI is InChI=1S/C22H13F5N2OS/c23-16-10-17(24)19-18(11-16)31-21(28-19)29(12-13-4-2-1-3-5-13)20(30)14-6-8-15(9-7-14)22(25,26)27/h1-11H,12H2. The van der Waals surface area contributed by atoms with Gasteiger partial charge in [-0.15, -0.1) is 0 Å². The highest BCUT2D eigenvalue weighted by Gasteiger charge is 2.31. The van der Waals surface area contributed by atoms with Crippen molar-refractivity contribution in [3.8, 4) is 0 Å². The van der Waals surface area contributed by atoms with Crippen LogP contribution in [-0.4, -0.2) is 10.9 Å². The fourth-order valence-corrected chi connectivity index (χ4v) is 4.01. The SMILES string of the molecule is O=C(c1ccc(C(F)(F)F)cc1)N(Cc1ccccc1)c1nc2c(F)cc(F)cc2s1. The predicted molar refractivity (Wildman–Crippen MR) is 108 cm³/mol. The number of benzene rings is 3. The van der Waals surface area contributed by atoms with Gasteiger partial charge in [0.1, 0.15) is 11.3 Å². The van der Waals surface area contributed by atoms with Crippen LogP contribution < -0.4 is 4.90 Å². The molecule has 0 fully saturated rings. The average molecular weight is 448 g/mol. The molecule has 1 aromatic heterocycles. The summed E-state index contributed by atoms with van der Waals surface area (Å²) in [6, 6.07) is 14.5. The number of carbonyl (C=O) groups is 1. The van der Waals surface area contributed by atoms with Crippen LogP contribution in [-0.2, 0) is 12.7 Å². The van der Waals surface area contributed by atoms with E-state index in [1.54, 1.807) is 30.3 Å². The molecule has 0 saturated carbocycles. The first kappa shape index (κ1) is 20.9.